The molecule has 0 radical (unpaired) electrons. The molecule has 2 aromatic rings. The second kappa shape index (κ2) is 7.84. The smallest absolute Gasteiger partial charge is 0.338 e. The fourth-order valence-corrected chi connectivity index (χ4v) is 1.83. The summed E-state index contributed by atoms with van der Waals surface area (Å²) >= 11 is 0. The highest BCUT2D eigenvalue weighted by Gasteiger charge is 2.10. The van der Waals surface area contributed by atoms with Crippen LogP contribution in [0.5, 0.6) is 5.75 Å². The minimum Gasteiger partial charge on any atom is -0.494 e. The number of rotatable bonds is 6. The SMILES string of the molecule is CCOc1ccc(NC(=O)COC(=O)c2ccc(N)cc2)cc1. The molecule has 0 fully saturated rings. The van der Waals surface area contributed by atoms with Gasteiger partial charge in [-0.1, -0.05) is 0 Å². The predicted molar refractivity (Wildman–Crippen MR) is 87.4 cm³/mol. The van der Waals surface area contributed by atoms with E-state index in [9.17, 15) is 9.59 Å². The van der Waals surface area contributed by atoms with Crippen molar-refractivity contribution in [1.82, 2.24) is 0 Å². The van der Waals surface area contributed by atoms with Crippen LogP contribution >= 0.6 is 0 Å². The zero-order chi connectivity index (χ0) is 16.7. The summed E-state index contributed by atoms with van der Waals surface area (Å²) in [5, 5.41) is 2.64. The van der Waals surface area contributed by atoms with Gasteiger partial charge in [0.2, 0.25) is 0 Å². The lowest BCUT2D eigenvalue weighted by atomic mass is 10.2. The molecule has 0 saturated heterocycles. The molecule has 1 amide bonds. The number of nitrogens with one attached hydrogen (secondary N) is 1. The quantitative estimate of drug-likeness (QED) is 0.631. The average Bonchev–Trinajstić information content (AvgIpc) is 2.55. The molecule has 120 valence electrons. The Hall–Kier alpha value is -3.02. The van der Waals surface area contributed by atoms with Gasteiger partial charge < -0.3 is 20.5 Å². The van der Waals surface area contributed by atoms with Crippen LogP contribution in [0.2, 0.25) is 0 Å². The van der Waals surface area contributed by atoms with E-state index in [0.29, 0.717) is 23.5 Å². The lowest BCUT2D eigenvalue weighted by molar-refractivity contribution is -0.119. The number of esters is 1. The van der Waals surface area contributed by atoms with Crippen molar-refractivity contribution < 1.29 is 19.1 Å². The minimum atomic E-state index is -0.577. The van der Waals surface area contributed by atoms with E-state index in [0.717, 1.165) is 5.75 Å². The van der Waals surface area contributed by atoms with Gasteiger partial charge in [0.15, 0.2) is 6.61 Å². The summed E-state index contributed by atoms with van der Waals surface area (Å²) in [7, 11) is 0. The maximum atomic E-state index is 11.8. The van der Waals surface area contributed by atoms with E-state index < -0.39 is 11.9 Å². The Morgan fingerprint density at radius 1 is 1.04 bits per heavy atom. The van der Waals surface area contributed by atoms with Crippen LogP contribution in [-0.4, -0.2) is 25.1 Å². The van der Waals surface area contributed by atoms with Crippen molar-refractivity contribution in [2.75, 3.05) is 24.3 Å². The number of anilines is 2. The number of carbonyl (C=O) groups is 2. The number of amides is 1. The van der Waals surface area contributed by atoms with Crippen LogP contribution < -0.4 is 15.8 Å². The largest absolute Gasteiger partial charge is 0.494 e. The predicted octanol–water partition coefficient (Wildman–Crippen LogP) is 2.46. The van der Waals surface area contributed by atoms with Crippen LogP contribution in [0, 0.1) is 0 Å². The summed E-state index contributed by atoms with van der Waals surface area (Å²) in [5.74, 6) is -0.273. The highest BCUT2D eigenvalue weighted by molar-refractivity contribution is 5.95. The van der Waals surface area contributed by atoms with E-state index in [-0.39, 0.29) is 6.61 Å². The molecule has 23 heavy (non-hydrogen) atoms. The van der Waals surface area contributed by atoms with Crippen LogP contribution in [0.4, 0.5) is 11.4 Å². The number of benzene rings is 2. The van der Waals surface area contributed by atoms with E-state index >= 15 is 0 Å². The second-order valence-electron chi connectivity index (χ2n) is 4.70. The van der Waals surface area contributed by atoms with E-state index in [1.807, 2.05) is 6.92 Å². The third kappa shape index (κ3) is 5.03. The average molecular weight is 314 g/mol. The number of hydrogen-bond acceptors (Lipinski definition) is 5. The van der Waals surface area contributed by atoms with Crippen molar-refractivity contribution in [3.05, 3.63) is 54.1 Å². The van der Waals surface area contributed by atoms with Crippen LogP contribution in [0.25, 0.3) is 0 Å². The van der Waals surface area contributed by atoms with E-state index in [1.54, 1.807) is 48.5 Å². The monoisotopic (exact) mass is 314 g/mol. The van der Waals surface area contributed by atoms with Crippen molar-refractivity contribution in [3.63, 3.8) is 0 Å². The molecule has 0 bridgehead atoms. The first-order valence-corrected chi connectivity index (χ1v) is 7.14. The Balaban J connectivity index is 1.82. The summed E-state index contributed by atoms with van der Waals surface area (Å²) in [5.41, 5.74) is 7.03. The maximum Gasteiger partial charge on any atom is 0.338 e. The zero-order valence-electron chi connectivity index (χ0n) is 12.7. The van der Waals surface area contributed by atoms with Crippen LogP contribution in [-0.2, 0) is 9.53 Å². The summed E-state index contributed by atoms with van der Waals surface area (Å²) < 4.78 is 10.3. The fourth-order valence-electron chi connectivity index (χ4n) is 1.83. The van der Waals surface area contributed by atoms with E-state index in [2.05, 4.69) is 5.32 Å². The first kappa shape index (κ1) is 16.4. The summed E-state index contributed by atoms with van der Waals surface area (Å²) in [6.07, 6.45) is 0. The van der Waals surface area contributed by atoms with Gasteiger partial charge in [0, 0.05) is 11.4 Å². The summed E-state index contributed by atoms with van der Waals surface area (Å²) in [4.78, 5) is 23.5. The van der Waals surface area contributed by atoms with E-state index in [4.69, 9.17) is 15.2 Å². The Morgan fingerprint density at radius 3 is 2.30 bits per heavy atom. The van der Waals surface area contributed by atoms with Gasteiger partial charge in [0.05, 0.1) is 12.2 Å². The standard InChI is InChI=1S/C17H18N2O4/c1-2-22-15-9-7-14(8-10-15)19-16(20)11-23-17(21)12-3-5-13(18)6-4-12/h3-10H,2,11,18H2,1H3,(H,19,20). The number of carbonyl (C=O) groups excluding carboxylic acids is 2. The van der Waals surface area contributed by atoms with Crippen molar-refractivity contribution in [2.45, 2.75) is 6.92 Å². The first-order chi connectivity index (χ1) is 11.1. The van der Waals surface area contributed by atoms with Gasteiger partial charge in [-0.3, -0.25) is 4.79 Å². The molecule has 0 unspecified atom stereocenters. The maximum absolute atomic E-state index is 11.8. The molecule has 6 nitrogen and oxygen atoms in total. The normalized spacial score (nSPS) is 9.96. The van der Waals surface area contributed by atoms with Gasteiger partial charge in [-0.05, 0) is 55.5 Å². The number of nitrogen functional groups attached to an aromatic ring is 1. The van der Waals surface area contributed by atoms with Gasteiger partial charge >= 0.3 is 5.97 Å². The van der Waals surface area contributed by atoms with E-state index in [1.165, 1.54) is 0 Å². The summed E-state index contributed by atoms with van der Waals surface area (Å²) in [6.45, 7) is 2.11. The lowest BCUT2D eigenvalue weighted by Crippen LogP contribution is -2.20. The molecule has 0 aliphatic heterocycles. The van der Waals surface area contributed by atoms with Crippen LogP contribution in [0.1, 0.15) is 17.3 Å². The van der Waals surface area contributed by atoms with Gasteiger partial charge in [-0.2, -0.15) is 0 Å². The molecule has 0 aromatic heterocycles. The first-order valence-electron chi connectivity index (χ1n) is 7.14. The molecule has 2 rings (SSSR count). The Labute approximate surface area is 134 Å². The molecular weight excluding hydrogens is 296 g/mol. The molecule has 0 heterocycles. The second-order valence-corrected chi connectivity index (χ2v) is 4.70. The number of ether oxygens (including phenoxy) is 2. The number of hydrogen-bond donors (Lipinski definition) is 2. The Bertz CT molecular complexity index is 666. The molecule has 3 N–H and O–H groups in total. The van der Waals surface area contributed by atoms with Crippen LogP contribution in [0.15, 0.2) is 48.5 Å². The van der Waals surface area contributed by atoms with Crippen molar-refractivity contribution in [2.24, 2.45) is 0 Å². The van der Waals surface area contributed by atoms with Crippen molar-refractivity contribution >= 4 is 23.3 Å². The Kier molecular flexibility index (Phi) is 5.57. The fraction of sp³-hybridized carbons (Fsp3) is 0.176. The molecule has 0 saturated carbocycles. The molecule has 0 spiro atoms. The number of nitrogens with two attached hydrogens (primary N) is 1. The topological polar surface area (TPSA) is 90.6 Å². The van der Waals surface area contributed by atoms with Crippen LogP contribution in [0.3, 0.4) is 0 Å². The molecular formula is C17H18N2O4. The zero-order valence-corrected chi connectivity index (χ0v) is 12.7. The van der Waals surface area contributed by atoms with Gasteiger partial charge in [-0.25, -0.2) is 4.79 Å². The Morgan fingerprint density at radius 2 is 1.70 bits per heavy atom. The van der Waals surface area contributed by atoms with Crippen molar-refractivity contribution in [1.29, 1.82) is 0 Å². The third-order valence-corrected chi connectivity index (χ3v) is 2.93. The lowest BCUT2D eigenvalue weighted by Gasteiger charge is -2.08. The highest BCUT2D eigenvalue weighted by Crippen LogP contribution is 2.15. The molecule has 2 aromatic carbocycles. The third-order valence-electron chi connectivity index (χ3n) is 2.93. The van der Waals surface area contributed by atoms with Crippen molar-refractivity contribution in [3.8, 4) is 5.75 Å². The highest BCUT2D eigenvalue weighted by atomic mass is 16.5. The van der Waals surface area contributed by atoms with Gasteiger partial charge in [0.25, 0.3) is 5.91 Å². The van der Waals surface area contributed by atoms with Gasteiger partial charge in [-0.15, -0.1) is 0 Å². The minimum absolute atomic E-state index is 0.341. The molecule has 0 aliphatic rings. The molecule has 0 aliphatic carbocycles. The van der Waals surface area contributed by atoms with Gasteiger partial charge in [0.1, 0.15) is 5.75 Å². The molecule has 6 heteroatoms. The summed E-state index contributed by atoms with van der Waals surface area (Å²) in [6, 6.07) is 13.2. The molecule has 0 atom stereocenters.